The van der Waals surface area contributed by atoms with Crippen LogP contribution in [-0.2, 0) is 4.74 Å². The predicted octanol–water partition coefficient (Wildman–Crippen LogP) is 3.55. The molecule has 0 heterocycles. The maximum absolute atomic E-state index is 5.87. The van der Waals surface area contributed by atoms with Gasteiger partial charge in [-0.05, 0) is 44.0 Å². The first-order valence-electron chi connectivity index (χ1n) is 7.25. The smallest absolute Gasteiger partial charge is 0.119 e. The van der Waals surface area contributed by atoms with Gasteiger partial charge in [0, 0.05) is 6.61 Å². The van der Waals surface area contributed by atoms with Crippen molar-refractivity contribution < 1.29 is 9.47 Å². The van der Waals surface area contributed by atoms with Crippen molar-refractivity contribution in [3.63, 3.8) is 0 Å². The van der Waals surface area contributed by atoms with Crippen LogP contribution in [0.4, 0.5) is 0 Å². The van der Waals surface area contributed by atoms with Gasteiger partial charge in [-0.2, -0.15) is 0 Å². The van der Waals surface area contributed by atoms with Crippen LogP contribution in [0.25, 0.3) is 0 Å². The van der Waals surface area contributed by atoms with Gasteiger partial charge in [-0.15, -0.1) is 0 Å². The van der Waals surface area contributed by atoms with E-state index in [1.54, 1.807) is 7.11 Å². The van der Waals surface area contributed by atoms with E-state index in [0.717, 1.165) is 31.7 Å². The molecule has 108 valence electrons. The van der Waals surface area contributed by atoms with Crippen molar-refractivity contribution in [3.8, 4) is 5.75 Å². The zero-order chi connectivity index (χ0) is 14.1. The molecule has 1 aromatic carbocycles. The SMILES string of the molecule is CCCNC(c1cccc(OC)c1)C(CC)OCC. The molecule has 1 aromatic rings. The van der Waals surface area contributed by atoms with E-state index < -0.39 is 0 Å². The molecular formula is C16H27NO2. The summed E-state index contributed by atoms with van der Waals surface area (Å²) in [5.74, 6) is 0.896. The van der Waals surface area contributed by atoms with E-state index in [1.807, 2.05) is 19.1 Å². The minimum atomic E-state index is 0.198. The average Bonchev–Trinajstić information content (AvgIpc) is 2.46. The summed E-state index contributed by atoms with van der Waals surface area (Å²) in [6, 6.07) is 8.46. The van der Waals surface area contributed by atoms with E-state index in [2.05, 4.69) is 31.3 Å². The number of rotatable bonds is 9. The highest BCUT2D eigenvalue weighted by Crippen LogP contribution is 2.25. The Morgan fingerprint density at radius 2 is 2.00 bits per heavy atom. The molecule has 0 aromatic heterocycles. The molecule has 0 saturated heterocycles. The number of benzene rings is 1. The monoisotopic (exact) mass is 265 g/mol. The van der Waals surface area contributed by atoms with Crippen LogP contribution < -0.4 is 10.1 Å². The fourth-order valence-corrected chi connectivity index (χ4v) is 2.26. The average molecular weight is 265 g/mol. The highest BCUT2D eigenvalue weighted by molar-refractivity contribution is 5.31. The van der Waals surface area contributed by atoms with E-state index >= 15 is 0 Å². The normalized spacial score (nSPS) is 14.1. The number of methoxy groups -OCH3 is 1. The van der Waals surface area contributed by atoms with Gasteiger partial charge in [0.25, 0.3) is 0 Å². The summed E-state index contributed by atoms with van der Waals surface area (Å²) in [7, 11) is 1.70. The van der Waals surface area contributed by atoms with Gasteiger partial charge in [0.1, 0.15) is 5.75 Å². The lowest BCUT2D eigenvalue weighted by Crippen LogP contribution is -2.34. The second kappa shape index (κ2) is 8.94. The van der Waals surface area contributed by atoms with Crippen molar-refractivity contribution in [1.82, 2.24) is 5.32 Å². The van der Waals surface area contributed by atoms with Crippen molar-refractivity contribution in [2.45, 2.75) is 45.8 Å². The molecule has 3 nitrogen and oxygen atoms in total. The molecule has 0 fully saturated rings. The van der Waals surface area contributed by atoms with E-state index in [1.165, 1.54) is 5.56 Å². The van der Waals surface area contributed by atoms with Crippen molar-refractivity contribution in [3.05, 3.63) is 29.8 Å². The Labute approximate surface area is 117 Å². The number of nitrogens with one attached hydrogen (secondary N) is 1. The molecule has 0 aliphatic rings. The predicted molar refractivity (Wildman–Crippen MR) is 79.7 cm³/mol. The van der Waals surface area contributed by atoms with Gasteiger partial charge < -0.3 is 14.8 Å². The summed E-state index contributed by atoms with van der Waals surface area (Å²) in [5.41, 5.74) is 1.23. The van der Waals surface area contributed by atoms with Crippen LogP contribution in [0, 0.1) is 0 Å². The van der Waals surface area contributed by atoms with E-state index in [-0.39, 0.29) is 12.1 Å². The summed E-state index contributed by atoms with van der Waals surface area (Å²) >= 11 is 0. The first-order chi connectivity index (χ1) is 9.26. The molecule has 0 bridgehead atoms. The van der Waals surface area contributed by atoms with E-state index in [4.69, 9.17) is 9.47 Å². The topological polar surface area (TPSA) is 30.5 Å². The quantitative estimate of drug-likeness (QED) is 0.740. The Morgan fingerprint density at radius 1 is 1.21 bits per heavy atom. The highest BCUT2D eigenvalue weighted by atomic mass is 16.5. The Kier molecular flexibility index (Phi) is 7.53. The molecule has 0 saturated carbocycles. The first-order valence-corrected chi connectivity index (χ1v) is 7.25. The van der Waals surface area contributed by atoms with Gasteiger partial charge >= 0.3 is 0 Å². The molecule has 19 heavy (non-hydrogen) atoms. The lowest BCUT2D eigenvalue weighted by molar-refractivity contribution is 0.0314. The van der Waals surface area contributed by atoms with Crippen molar-refractivity contribution >= 4 is 0 Å². The van der Waals surface area contributed by atoms with E-state index in [0.29, 0.717) is 0 Å². The van der Waals surface area contributed by atoms with Crippen LogP contribution >= 0.6 is 0 Å². The summed E-state index contributed by atoms with van der Waals surface area (Å²) in [4.78, 5) is 0. The Bertz CT molecular complexity index is 354. The van der Waals surface area contributed by atoms with Gasteiger partial charge in [0.05, 0.1) is 19.3 Å². The molecule has 0 radical (unpaired) electrons. The minimum Gasteiger partial charge on any atom is -0.497 e. The van der Waals surface area contributed by atoms with Crippen LogP contribution in [0.5, 0.6) is 5.75 Å². The fourth-order valence-electron chi connectivity index (χ4n) is 2.26. The molecular weight excluding hydrogens is 238 g/mol. The fraction of sp³-hybridized carbons (Fsp3) is 0.625. The van der Waals surface area contributed by atoms with Gasteiger partial charge in [0.2, 0.25) is 0 Å². The molecule has 0 aliphatic heterocycles. The van der Waals surface area contributed by atoms with Crippen molar-refractivity contribution in [2.24, 2.45) is 0 Å². The summed E-state index contributed by atoms with van der Waals surface area (Å²) in [6.07, 6.45) is 2.30. The summed E-state index contributed by atoms with van der Waals surface area (Å²) in [6.45, 7) is 8.13. The largest absolute Gasteiger partial charge is 0.497 e. The maximum Gasteiger partial charge on any atom is 0.119 e. The molecule has 2 atom stereocenters. The lowest BCUT2D eigenvalue weighted by Gasteiger charge is -2.28. The van der Waals surface area contributed by atoms with Gasteiger partial charge in [-0.25, -0.2) is 0 Å². The minimum absolute atomic E-state index is 0.198. The van der Waals surface area contributed by atoms with Crippen LogP contribution in [0.2, 0.25) is 0 Å². The molecule has 0 amide bonds. The van der Waals surface area contributed by atoms with Gasteiger partial charge in [0.15, 0.2) is 0 Å². The lowest BCUT2D eigenvalue weighted by atomic mass is 9.99. The highest BCUT2D eigenvalue weighted by Gasteiger charge is 2.21. The number of hydrogen-bond donors (Lipinski definition) is 1. The van der Waals surface area contributed by atoms with Crippen LogP contribution in [0.3, 0.4) is 0 Å². The third-order valence-corrected chi connectivity index (χ3v) is 3.22. The zero-order valence-corrected chi connectivity index (χ0v) is 12.6. The van der Waals surface area contributed by atoms with Crippen LogP contribution in [0.15, 0.2) is 24.3 Å². The van der Waals surface area contributed by atoms with Crippen LogP contribution in [-0.4, -0.2) is 26.4 Å². The molecule has 2 unspecified atom stereocenters. The maximum atomic E-state index is 5.87. The standard InChI is InChI=1S/C16H27NO2/c1-5-11-17-16(15(6-2)19-7-3)13-9-8-10-14(12-13)18-4/h8-10,12,15-17H,5-7,11H2,1-4H3. The first kappa shape index (κ1) is 16.0. The summed E-state index contributed by atoms with van der Waals surface area (Å²) in [5, 5.41) is 3.59. The molecule has 1 rings (SSSR count). The Morgan fingerprint density at radius 3 is 2.58 bits per heavy atom. The molecule has 0 aliphatic carbocycles. The van der Waals surface area contributed by atoms with Crippen molar-refractivity contribution in [2.75, 3.05) is 20.3 Å². The van der Waals surface area contributed by atoms with Gasteiger partial charge in [-0.1, -0.05) is 26.0 Å². The Hall–Kier alpha value is -1.06. The van der Waals surface area contributed by atoms with Crippen molar-refractivity contribution in [1.29, 1.82) is 0 Å². The van der Waals surface area contributed by atoms with Gasteiger partial charge in [-0.3, -0.25) is 0 Å². The second-order valence-electron chi connectivity index (χ2n) is 4.61. The Balaban J connectivity index is 2.92. The number of ether oxygens (including phenoxy) is 2. The molecule has 0 spiro atoms. The summed E-state index contributed by atoms with van der Waals surface area (Å²) < 4.78 is 11.2. The molecule has 3 heteroatoms. The van der Waals surface area contributed by atoms with Crippen LogP contribution in [0.1, 0.15) is 45.2 Å². The third-order valence-electron chi connectivity index (χ3n) is 3.22. The number of hydrogen-bond acceptors (Lipinski definition) is 3. The zero-order valence-electron chi connectivity index (χ0n) is 12.6. The third kappa shape index (κ3) is 4.84. The second-order valence-corrected chi connectivity index (χ2v) is 4.61. The molecule has 1 N–H and O–H groups in total. The van der Waals surface area contributed by atoms with E-state index in [9.17, 15) is 0 Å².